The fraction of sp³-hybridized carbons (Fsp3) is 0.500. The average Bonchev–Trinajstić information content (AvgIpc) is 2.28. The van der Waals surface area contributed by atoms with Gasteiger partial charge in [0.1, 0.15) is 0 Å². The molecule has 1 amide bonds. The lowest BCUT2D eigenvalue weighted by atomic mass is 9.65. The molecule has 0 unspecified atom stereocenters. The number of amides is 1. The van der Waals surface area contributed by atoms with Crippen LogP contribution in [0.4, 0.5) is 0 Å². The van der Waals surface area contributed by atoms with Gasteiger partial charge in [0.15, 0.2) is 0 Å². The minimum atomic E-state index is -0.0420. The number of aliphatic hydroxyl groups is 1. The van der Waals surface area contributed by atoms with Crippen molar-refractivity contribution >= 4 is 5.91 Å². The molecule has 3 nitrogen and oxygen atoms in total. The van der Waals surface area contributed by atoms with E-state index >= 15 is 0 Å². The highest BCUT2D eigenvalue weighted by Crippen LogP contribution is 2.43. The summed E-state index contributed by atoms with van der Waals surface area (Å²) in [6.07, 6.45) is 3.27. The van der Waals surface area contributed by atoms with E-state index in [1.54, 1.807) is 19.0 Å². The third-order valence-electron chi connectivity index (χ3n) is 3.76. The predicted octanol–water partition coefficient (Wildman–Crippen LogP) is 1.80. The Bertz CT molecular complexity index is 399. The molecule has 1 N–H and O–H groups in total. The second-order valence-electron chi connectivity index (χ2n) is 5.07. The molecule has 0 aliphatic heterocycles. The monoisotopic (exact) mass is 233 g/mol. The van der Waals surface area contributed by atoms with Gasteiger partial charge in [-0.2, -0.15) is 0 Å². The zero-order valence-corrected chi connectivity index (χ0v) is 10.4. The summed E-state index contributed by atoms with van der Waals surface area (Å²) in [6, 6.07) is 7.67. The summed E-state index contributed by atoms with van der Waals surface area (Å²) < 4.78 is 0. The lowest BCUT2D eigenvalue weighted by molar-refractivity contribution is 0.0827. The van der Waals surface area contributed by atoms with Crippen molar-refractivity contribution in [2.24, 2.45) is 0 Å². The SMILES string of the molecule is CN(C)C(=O)c1ccc(C2(CO)CCC2)cc1. The van der Waals surface area contributed by atoms with E-state index in [4.69, 9.17) is 0 Å². The number of hydrogen-bond donors (Lipinski definition) is 1. The summed E-state index contributed by atoms with van der Waals surface area (Å²) in [5, 5.41) is 9.48. The number of rotatable bonds is 3. The molecule has 3 heteroatoms. The third kappa shape index (κ3) is 2.07. The van der Waals surface area contributed by atoms with E-state index < -0.39 is 0 Å². The van der Waals surface area contributed by atoms with Crippen LogP contribution < -0.4 is 0 Å². The molecule has 0 heterocycles. The second-order valence-corrected chi connectivity index (χ2v) is 5.07. The highest BCUT2D eigenvalue weighted by molar-refractivity contribution is 5.93. The Hall–Kier alpha value is -1.35. The Morgan fingerprint density at radius 3 is 2.24 bits per heavy atom. The molecule has 2 rings (SSSR count). The van der Waals surface area contributed by atoms with Gasteiger partial charge in [0, 0.05) is 25.1 Å². The fourth-order valence-electron chi connectivity index (χ4n) is 2.37. The van der Waals surface area contributed by atoms with E-state index in [2.05, 4.69) is 0 Å². The van der Waals surface area contributed by atoms with E-state index in [-0.39, 0.29) is 17.9 Å². The molecule has 0 spiro atoms. The average molecular weight is 233 g/mol. The molecule has 0 radical (unpaired) electrons. The molecule has 0 aromatic heterocycles. The van der Waals surface area contributed by atoms with E-state index in [1.165, 1.54) is 6.42 Å². The fourth-order valence-corrected chi connectivity index (χ4v) is 2.37. The third-order valence-corrected chi connectivity index (χ3v) is 3.76. The first-order valence-electron chi connectivity index (χ1n) is 6.02. The van der Waals surface area contributed by atoms with Gasteiger partial charge in [-0.15, -0.1) is 0 Å². The van der Waals surface area contributed by atoms with Crippen LogP contribution in [0.15, 0.2) is 24.3 Å². The number of hydrogen-bond acceptors (Lipinski definition) is 2. The van der Waals surface area contributed by atoms with Crippen molar-refractivity contribution in [3.05, 3.63) is 35.4 Å². The van der Waals surface area contributed by atoms with Gasteiger partial charge in [-0.3, -0.25) is 4.79 Å². The molecular formula is C14H19NO2. The summed E-state index contributed by atoms with van der Waals surface area (Å²) in [6.45, 7) is 0.202. The van der Waals surface area contributed by atoms with Crippen molar-refractivity contribution in [3.63, 3.8) is 0 Å². The molecule has 1 aromatic rings. The van der Waals surface area contributed by atoms with Crippen molar-refractivity contribution in [1.82, 2.24) is 4.90 Å². The molecule has 92 valence electrons. The van der Waals surface area contributed by atoms with Crippen LogP contribution >= 0.6 is 0 Å². The van der Waals surface area contributed by atoms with Gasteiger partial charge < -0.3 is 10.0 Å². The number of carbonyl (C=O) groups is 1. The van der Waals surface area contributed by atoms with Gasteiger partial charge >= 0.3 is 0 Å². The number of nitrogens with zero attached hydrogens (tertiary/aromatic N) is 1. The van der Waals surface area contributed by atoms with Crippen LogP contribution in [0, 0.1) is 0 Å². The van der Waals surface area contributed by atoms with Crippen LogP contribution in [0.2, 0.25) is 0 Å². The summed E-state index contributed by atoms with van der Waals surface area (Å²) >= 11 is 0. The molecule has 1 aliphatic carbocycles. The van der Waals surface area contributed by atoms with Gasteiger partial charge in [0.05, 0.1) is 6.61 Å². The lowest BCUT2D eigenvalue weighted by Crippen LogP contribution is -2.37. The zero-order valence-electron chi connectivity index (χ0n) is 10.4. The van der Waals surface area contributed by atoms with Crippen LogP contribution in [0.1, 0.15) is 35.2 Å². The summed E-state index contributed by atoms with van der Waals surface area (Å²) in [7, 11) is 3.49. The first-order chi connectivity index (χ1) is 8.09. The lowest BCUT2D eigenvalue weighted by Gasteiger charge is -2.40. The zero-order chi connectivity index (χ0) is 12.5. The maximum atomic E-state index is 11.7. The number of carbonyl (C=O) groups excluding carboxylic acids is 1. The highest BCUT2D eigenvalue weighted by atomic mass is 16.3. The van der Waals surface area contributed by atoms with Crippen LogP contribution in [-0.4, -0.2) is 36.6 Å². The Balaban J connectivity index is 2.21. The highest BCUT2D eigenvalue weighted by Gasteiger charge is 2.37. The van der Waals surface area contributed by atoms with Crippen LogP contribution in [0.3, 0.4) is 0 Å². The molecule has 1 aliphatic rings. The van der Waals surface area contributed by atoms with Crippen LogP contribution in [0.5, 0.6) is 0 Å². The molecule has 1 fully saturated rings. The normalized spacial score (nSPS) is 17.4. The number of benzene rings is 1. The van der Waals surface area contributed by atoms with Crippen LogP contribution in [-0.2, 0) is 5.41 Å². The minimum Gasteiger partial charge on any atom is -0.395 e. The first-order valence-corrected chi connectivity index (χ1v) is 6.02. The quantitative estimate of drug-likeness (QED) is 0.865. The molecule has 1 saturated carbocycles. The Labute approximate surface area is 102 Å². The molecule has 0 saturated heterocycles. The summed E-state index contributed by atoms with van der Waals surface area (Å²) in [4.78, 5) is 13.3. The first kappa shape index (κ1) is 12.1. The van der Waals surface area contributed by atoms with E-state index in [0.29, 0.717) is 5.56 Å². The van der Waals surface area contributed by atoms with Crippen molar-refractivity contribution < 1.29 is 9.90 Å². The number of aliphatic hydroxyl groups excluding tert-OH is 1. The van der Waals surface area contributed by atoms with Crippen molar-refractivity contribution in [2.75, 3.05) is 20.7 Å². The largest absolute Gasteiger partial charge is 0.395 e. The molecule has 0 atom stereocenters. The van der Waals surface area contributed by atoms with Crippen LogP contribution in [0.25, 0.3) is 0 Å². The van der Waals surface area contributed by atoms with Gasteiger partial charge in [0.25, 0.3) is 5.91 Å². The maximum Gasteiger partial charge on any atom is 0.253 e. The van der Waals surface area contributed by atoms with Crippen molar-refractivity contribution in [1.29, 1.82) is 0 Å². The van der Waals surface area contributed by atoms with E-state index in [0.717, 1.165) is 18.4 Å². The van der Waals surface area contributed by atoms with E-state index in [9.17, 15) is 9.90 Å². The molecule has 17 heavy (non-hydrogen) atoms. The Morgan fingerprint density at radius 2 is 1.88 bits per heavy atom. The van der Waals surface area contributed by atoms with Gasteiger partial charge in [0.2, 0.25) is 0 Å². The summed E-state index contributed by atoms with van der Waals surface area (Å²) in [5.74, 6) is 0.0169. The van der Waals surface area contributed by atoms with Gasteiger partial charge in [-0.05, 0) is 30.5 Å². The Morgan fingerprint density at radius 1 is 1.29 bits per heavy atom. The minimum absolute atomic E-state index is 0.0169. The Kier molecular flexibility index (Phi) is 3.20. The standard InChI is InChI=1S/C14H19NO2/c1-15(2)13(17)11-4-6-12(7-5-11)14(10-16)8-3-9-14/h4-7,16H,3,8-10H2,1-2H3. The molecular weight excluding hydrogens is 214 g/mol. The van der Waals surface area contributed by atoms with Gasteiger partial charge in [-0.1, -0.05) is 18.6 Å². The van der Waals surface area contributed by atoms with E-state index in [1.807, 2.05) is 24.3 Å². The topological polar surface area (TPSA) is 40.5 Å². The predicted molar refractivity (Wildman–Crippen MR) is 67.1 cm³/mol. The maximum absolute atomic E-state index is 11.7. The smallest absolute Gasteiger partial charge is 0.253 e. The summed E-state index contributed by atoms with van der Waals surface area (Å²) in [5.41, 5.74) is 1.81. The van der Waals surface area contributed by atoms with Gasteiger partial charge in [-0.25, -0.2) is 0 Å². The van der Waals surface area contributed by atoms with Crippen molar-refractivity contribution in [3.8, 4) is 0 Å². The molecule has 0 bridgehead atoms. The second kappa shape index (κ2) is 4.49. The van der Waals surface area contributed by atoms with Crippen molar-refractivity contribution in [2.45, 2.75) is 24.7 Å². The molecule has 1 aromatic carbocycles.